The first-order chi connectivity index (χ1) is 18.4. The molecule has 0 spiro atoms. The van der Waals surface area contributed by atoms with E-state index in [1.54, 1.807) is 21.3 Å². The van der Waals surface area contributed by atoms with Crippen molar-refractivity contribution in [2.45, 2.75) is 50.9 Å². The van der Waals surface area contributed by atoms with Crippen LogP contribution in [0.1, 0.15) is 49.5 Å². The number of benzene rings is 2. The summed E-state index contributed by atoms with van der Waals surface area (Å²) in [6.07, 6.45) is 1.38. The molecule has 1 heterocycles. The van der Waals surface area contributed by atoms with Crippen molar-refractivity contribution in [1.82, 2.24) is 0 Å². The summed E-state index contributed by atoms with van der Waals surface area (Å²) >= 11 is 0. The van der Waals surface area contributed by atoms with Crippen molar-refractivity contribution in [2.24, 2.45) is 11.8 Å². The number of fused-ring (bicyclic) bond motifs is 2. The van der Waals surface area contributed by atoms with E-state index in [2.05, 4.69) is 40.4 Å². The van der Waals surface area contributed by atoms with E-state index in [1.165, 1.54) is 7.11 Å². The van der Waals surface area contributed by atoms with Gasteiger partial charge < -0.3 is 32.8 Å². The van der Waals surface area contributed by atoms with Gasteiger partial charge in [-0.05, 0) is 59.1 Å². The summed E-state index contributed by atoms with van der Waals surface area (Å²) < 4.78 is 40.9. The lowest BCUT2D eigenvalue weighted by Gasteiger charge is -2.47. The van der Waals surface area contributed by atoms with Crippen molar-refractivity contribution < 1.29 is 37.6 Å². The minimum atomic E-state index is -2.29. The van der Waals surface area contributed by atoms with Gasteiger partial charge >= 0.3 is 5.97 Å². The molecule has 0 aromatic heterocycles. The Bertz CT molecular complexity index is 1220. The lowest BCUT2D eigenvalue weighted by Crippen LogP contribution is -2.47. The number of methoxy groups -OCH3 is 4. The van der Waals surface area contributed by atoms with Crippen LogP contribution in [0.2, 0.25) is 18.1 Å². The summed E-state index contributed by atoms with van der Waals surface area (Å²) in [5.41, 5.74) is 2.64. The maximum atomic E-state index is 13.6. The van der Waals surface area contributed by atoms with Crippen molar-refractivity contribution >= 4 is 14.3 Å². The third kappa shape index (κ3) is 4.98. The summed E-state index contributed by atoms with van der Waals surface area (Å²) in [5, 5.41) is -0.0520. The number of rotatable bonds is 8. The zero-order valence-electron chi connectivity index (χ0n) is 24.4. The second kappa shape index (κ2) is 10.8. The van der Waals surface area contributed by atoms with E-state index in [0.717, 1.165) is 16.7 Å². The molecule has 212 valence electrons. The van der Waals surface area contributed by atoms with Gasteiger partial charge in [-0.25, -0.2) is 0 Å². The standard InChI is InChI=1S/C30H40O8Si/c1-11-18-26(29(31)35-8)25(17-12-23(32-5)28(34-7)24(13-17)33-6)19-14-21-22(37-16-36-21)15-20(19)27(18)38-39(9,10)30(2,3)4/h11-15,18,25-27H,1,16H2,2-10H3/t18-,25+,26+,27+/m0/s1. The van der Waals surface area contributed by atoms with E-state index in [0.29, 0.717) is 28.7 Å². The van der Waals surface area contributed by atoms with Gasteiger partial charge in [0.05, 0.1) is 40.5 Å². The van der Waals surface area contributed by atoms with E-state index in [9.17, 15) is 4.79 Å². The number of hydrogen-bond donors (Lipinski definition) is 0. The molecule has 0 amide bonds. The zero-order valence-corrected chi connectivity index (χ0v) is 25.4. The molecule has 2 aromatic rings. The summed E-state index contributed by atoms with van der Waals surface area (Å²) in [7, 11) is 3.82. The quantitative estimate of drug-likeness (QED) is 0.215. The Balaban J connectivity index is 2.03. The molecule has 1 aliphatic heterocycles. The molecule has 9 heteroatoms. The predicted molar refractivity (Wildman–Crippen MR) is 151 cm³/mol. The van der Waals surface area contributed by atoms with Crippen LogP contribution in [0.15, 0.2) is 36.9 Å². The first-order valence-corrected chi connectivity index (χ1v) is 15.9. The molecule has 2 aromatic carbocycles. The maximum Gasteiger partial charge on any atom is 0.310 e. The smallest absolute Gasteiger partial charge is 0.310 e. The largest absolute Gasteiger partial charge is 0.493 e. The normalized spacial score (nSPS) is 22.1. The Morgan fingerprint density at radius 1 is 0.949 bits per heavy atom. The highest BCUT2D eigenvalue weighted by Crippen LogP contribution is 2.56. The summed E-state index contributed by atoms with van der Waals surface area (Å²) in [6, 6.07) is 7.71. The number of hydrogen-bond acceptors (Lipinski definition) is 8. The molecule has 4 atom stereocenters. The fourth-order valence-corrected chi connectivity index (χ4v) is 6.58. The molecule has 2 aliphatic rings. The van der Waals surface area contributed by atoms with Crippen LogP contribution in [0.4, 0.5) is 0 Å². The molecule has 4 rings (SSSR count). The topological polar surface area (TPSA) is 81.7 Å². The van der Waals surface area contributed by atoms with Gasteiger partial charge in [-0.2, -0.15) is 0 Å². The van der Waals surface area contributed by atoms with Crippen LogP contribution >= 0.6 is 0 Å². The highest BCUT2D eigenvalue weighted by molar-refractivity contribution is 6.74. The Labute approximate surface area is 232 Å². The summed E-state index contributed by atoms with van der Waals surface area (Å²) in [5.74, 6) is 0.906. The van der Waals surface area contributed by atoms with E-state index >= 15 is 0 Å². The molecule has 1 aliphatic carbocycles. The molecule has 0 bridgehead atoms. The maximum absolute atomic E-state index is 13.6. The second-order valence-corrected chi connectivity index (χ2v) is 16.2. The van der Waals surface area contributed by atoms with E-state index in [1.807, 2.05) is 30.3 Å². The number of carbonyl (C=O) groups is 1. The van der Waals surface area contributed by atoms with Gasteiger partial charge in [-0.1, -0.05) is 26.8 Å². The van der Waals surface area contributed by atoms with Crippen LogP contribution in [0.25, 0.3) is 0 Å². The highest BCUT2D eigenvalue weighted by Gasteiger charge is 2.51. The van der Waals surface area contributed by atoms with E-state index in [4.69, 9.17) is 32.8 Å². The molecule has 0 saturated carbocycles. The third-order valence-electron chi connectivity index (χ3n) is 8.36. The molecule has 39 heavy (non-hydrogen) atoms. The molecule has 0 fully saturated rings. The van der Waals surface area contributed by atoms with E-state index < -0.39 is 26.3 Å². The SMILES string of the molecule is C=C[C@H]1[C@@H](C(=O)OC)[C@H](c2cc(OC)c(OC)c(OC)c2)c2cc3c(cc2[C@@H]1O[Si](C)(C)C(C)(C)C)OCO3. The molecular formula is C30H40O8Si. The minimum absolute atomic E-state index is 0.0520. The van der Waals surface area contributed by atoms with Crippen molar-refractivity contribution in [2.75, 3.05) is 35.2 Å². The fraction of sp³-hybridized carbons (Fsp3) is 0.500. The van der Waals surface area contributed by atoms with Crippen molar-refractivity contribution in [3.8, 4) is 28.7 Å². The number of ether oxygens (including phenoxy) is 6. The molecule has 0 unspecified atom stereocenters. The van der Waals surface area contributed by atoms with Crippen LogP contribution < -0.4 is 23.7 Å². The zero-order chi connectivity index (χ0) is 28.7. The lowest BCUT2D eigenvalue weighted by atomic mass is 9.65. The van der Waals surface area contributed by atoms with Crippen LogP contribution in [0.3, 0.4) is 0 Å². The van der Waals surface area contributed by atoms with Crippen LogP contribution in [0.5, 0.6) is 28.7 Å². The van der Waals surface area contributed by atoms with Gasteiger partial charge in [0.25, 0.3) is 0 Å². The first-order valence-electron chi connectivity index (χ1n) is 13.0. The van der Waals surface area contributed by atoms with Gasteiger partial charge in [0.1, 0.15) is 0 Å². The third-order valence-corrected chi connectivity index (χ3v) is 12.8. The van der Waals surface area contributed by atoms with Gasteiger partial charge in [-0.3, -0.25) is 4.79 Å². The summed E-state index contributed by atoms with van der Waals surface area (Å²) in [6.45, 7) is 15.3. The Morgan fingerprint density at radius 2 is 1.51 bits per heavy atom. The van der Waals surface area contributed by atoms with Crippen LogP contribution in [0, 0.1) is 11.8 Å². The number of carbonyl (C=O) groups excluding carboxylic acids is 1. The lowest BCUT2D eigenvalue weighted by molar-refractivity contribution is -0.149. The van der Waals surface area contributed by atoms with Crippen molar-refractivity contribution in [1.29, 1.82) is 0 Å². The van der Waals surface area contributed by atoms with Crippen molar-refractivity contribution in [3.63, 3.8) is 0 Å². The van der Waals surface area contributed by atoms with E-state index in [-0.39, 0.29) is 23.7 Å². The van der Waals surface area contributed by atoms with Gasteiger partial charge in [0, 0.05) is 11.8 Å². The Morgan fingerprint density at radius 3 is 1.97 bits per heavy atom. The van der Waals surface area contributed by atoms with Gasteiger partial charge in [0.15, 0.2) is 31.3 Å². The molecule has 0 saturated heterocycles. The molecule has 0 radical (unpaired) electrons. The highest BCUT2D eigenvalue weighted by atomic mass is 28.4. The minimum Gasteiger partial charge on any atom is -0.493 e. The van der Waals surface area contributed by atoms with Gasteiger partial charge in [-0.15, -0.1) is 6.58 Å². The summed E-state index contributed by atoms with van der Waals surface area (Å²) in [4.78, 5) is 13.6. The Kier molecular flexibility index (Phi) is 7.96. The molecular weight excluding hydrogens is 516 g/mol. The monoisotopic (exact) mass is 556 g/mol. The Hall–Kier alpha value is -3.17. The average molecular weight is 557 g/mol. The number of esters is 1. The molecule has 8 nitrogen and oxygen atoms in total. The van der Waals surface area contributed by atoms with Crippen LogP contribution in [-0.4, -0.2) is 49.5 Å². The fourth-order valence-electron chi connectivity index (χ4n) is 5.30. The first kappa shape index (κ1) is 28.8. The average Bonchev–Trinajstić information content (AvgIpc) is 3.37. The molecule has 0 N–H and O–H groups in total. The van der Waals surface area contributed by atoms with Crippen molar-refractivity contribution in [3.05, 3.63) is 53.6 Å². The second-order valence-electron chi connectivity index (χ2n) is 11.4. The van der Waals surface area contributed by atoms with Crippen LogP contribution in [-0.2, 0) is 14.0 Å². The van der Waals surface area contributed by atoms with Gasteiger partial charge in [0.2, 0.25) is 12.5 Å². The predicted octanol–water partition coefficient (Wildman–Crippen LogP) is 6.24.